The van der Waals surface area contributed by atoms with Crippen LogP contribution in [0, 0.1) is 10.1 Å². The minimum Gasteiger partial charge on any atom is -0.376 e. The van der Waals surface area contributed by atoms with E-state index in [4.69, 9.17) is 0 Å². The number of benzene rings is 2. The molecule has 0 saturated heterocycles. The third-order valence-corrected chi connectivity index (χ3v) is 3.33. The van der Waals surface area contributed by atoms with Crippen LogP contribution in [0.25, 0.3) is 0 Å². The van der Waals surface area contributed by atoms with Crippen molar-refractivity contribution in [2.75, 3.05) is 31.3 Å². The van der Waals surface area contributed by atoms with Crippen LogP contribution in [-0.4, -0.2) is 42.3 Å². The molecule has 0 spiro atoms. The van der Waals surface area contributed by atoms with E-state index in [-0.39, 0.29) is 24.0 Å². The van der Waals surface area contributed by atoms with Crippen molar-refractivity contribution in [2.45, 2.75) is 0 Å². The van der Waals surface area contributed by atoms with E-state index in [1.54, 1.807) is 50.5 Å². The Bertz CT molecular complexity index is 787. The minimum absolute atomic E-state index is 0.0421. The number of nitro groups is 1. The highest BCUT2D eigenvalue weighted by Crippen LogP contribution is 2.17. The second-order valence-electron chi connectivity index (χ2n) is 5.49. The maximum atomic E-state index is 11.9. The maximum Gasteiger partial charge on any atom is 0.271 e. The molecular formula is C17H18N4O4. The first-order chi connectivity index (χ1) is 11.9. The van der Waals surface area contributed by atoms with Crippen molar-refractivity contribution in [3.63, 3.8) is 0 Å². The van der Waals surface area contributed by atoms with Gasteiger partial charge in [-0.05, 0) is 30.3 Å². The molecule has 2 aromatic carbocycles. The number of rotatable bonds is 6. The predicted molar refractivity (Wildman–Crippen MR) is 94.7 cm³/mol. The highest BCUT2D eigenvalue weighted by Gasteiger charge is 2.09. The van der Waals surface area contributed by atoms with Crippen molar-refractivity contribution in [3.05, 3.63) is 64.2 Å². The summed E-state index contributed by atoms with van der Waals surface area (Å²) in [6.07, 6.45) is 0. The Labute approximate surface area is 144 Å². The molecule has 0 saturated carbocycles. The zero-order valence-corrected chi connectivity index (χ0v) is 13.9. The summed E-state index contributed by atoms with van der Waals surface area (Å²) in [5.74, 6) is -0.427. The van der Waals surface area contributed by atoms with Crippen LogP contribution in [-0.2, 0) is 4.79 Å². The number of nitrogens with one attached hydrogen (secondary N) is 2. The average Bonchev–Trinajstić information content (AvgIpc) is 2.60. The topological polar surface area (TPSA) is 105 Å². The molecule has 0 aliphatic carbocycles. The van der Waals surface area contributed by atoms with E-state index in [0.29, 0.717) is 16.9 Å². The SMILES string of the molecule is CN(C)C(=O)c1ccc(NC(=O)CNc2cccc([N+](=O)[O-])c2)cc1. The summed E-state index contributed by atoms with van der Waals surface area (Å²) in [5.41, 5.74) is 1.52. The molecule has 2 amide bonds. The van der Waals surface area contributed by atoms with Gasteiger partial charge in [0.25, 0.3) is 11.6 Å². The molecular weight excluding hydrogens is 324 g/mol. The van der Waals surface area contributed by atoms with Gasteiger partial charge in [0.1, 0.15) is 0 Å². The molecule has 2 rings (SSSR count). The molecule has 0 aliphatic heterocycles. The Morgan fingerprint density at radius 1 is 1.08 bits per heavy atom. The average molecular weight is 342 g/mol. The number of non-ortho nitro benzene ring substituents is 1. The molecule has 0 bridgehead atoms. The van der Waals surface area contributed by atoms with Gasteiger partial charge in [-0.1, -0.05) is 6.07 Å². The van der Waals surface area contributed by atoms with Gasteiger partial charge in [0.05, 0.1) is 11.5 Å². The molecule has 0 fully saturated rings. The molecule has 0 heterocycles. The van der Waals surface area contributed by atoms with Gasteiger partial charge in [0.2, 0.25) is 5.91 Å². The van der Waals surface area contributed by atoms with Crippen LogP contribution >= 0.6 is 0 Å². The molecule has 0 radical (unpaired) electrons. The number of hydrogen-bond acceptors (Lipinski definition) is 5. The van der Waals surface area contributed by atoms with E-state index in [9.17, 15) is 19.7 Å². The summed E-state index contributed by atoms with van der Waals surface area (Å²) in [6.45, 7) is -0.0421. The summed E-state index contributed by atoms with van der Waals surface area (Å²) in [7, 11) is 3.33. The van der Waals surface area contributed by atoms with Gasteiger partial charge in [-0.25, -0.2) is 0 Å². The van der Waals surface area contributed by atoms with Crippen LogP contribution in [0.15, 0.2) is 48.5 Å². The Hall–Kier alpha value is -3.42. The van der Waals surface area contributed by atoms with Crippen LogP contribution in [0.1, 0.15) is 10.4 Å². The van der Waals surface area contributed by atoms with Crippen LogP contribution in [0.4, 0.5) is 17.1 Å². The Morgan fingerprint density at radius 3 is 2.36 bits per heavy atom. The van der Waals surface area contributed by atoms with Crippen molar-refractivity contribution < 1.29 is 14.5 Å². The first-order valence-electron chi connectivity index (χ1n) is 7.46. The fourth-order valence-corrected chi connectivity index (χ4v) is 2.07. The molecule has 0 unspecified atom stereocenters. The van der Waals surface area contributed by atoms with Gasteiger partial charge < -0.3 is 15.5 Å². The van der Waals surface area contributed by atoms with Crippen molar-refractivity contribution in [2.24, 2.45) is 0 Å². The molecule has 0 aromatic heterocycles. The van der Waals surface area contributed by atoms with Gasteiger partial charge in [0, 0.05) is 43.2 Å². The van der Waals surface area contributed by atoms with E-state index in [0.717, 1.165) is 0 Å². The van der Waals surface area contributed by atoms with Gasteiger partial charge in [0.15, 0.2) is 0 Å². The lowest BCUT2D eigenvalue weighted by Crippen LogP contribution is -2.23. The van der Waals surface area contributed by atoms with Gasteiger partial charge >= 0.3 is 0 Å². The summed E-state index contributed by atoms with van der Waals surface area (Å²) in [5, 5.41) is 16.2. The zero-order valence-electron chi connectivity index (χ0n) is 13.9. The van der Waals surface area contributed by atoms with Gasteiger partial charge in [-0.3, -0.25) is 19.7 Å². The third-order valence-electron chi connectivity index (χ3n) is 3.33. The molecule has 2 N–H and O–H groups in total. The molecule has 8 heteroatoms. The fraction of sp³-hybridized carbons (Fsp3) is 0.176. The number of amides is 2. The van der Waals surface area contributed by atoms with E-state index < -0.39 is 4.92 Å². The number of hydrogen-bond donors (Lipinski definition) is 2. The third kappa shape index (κ3) is 5.03. The molecule has 0 atom stereocenters. The molecule has 130 valence electrons. The lowest BCUT2D eigenvalue weighted by molar-refractivity contribution is -0.384. The van der Waals surface area contributed by atoms with Gasteiger partial charge in [-0.2, -0.15) is 0 Å². The summed E-state index contributed by atoms with van der Waals surface area (Å²) >= 11 is 0. The van der Waals surface area contributed by atoms with E-state index >= 15 is 0 Å². The van der Waals surface area contributed by atoms with Crippen LogP contribution in [0.2, 0.25) is 0 Å². The maximum absolute atomic E-state index is 11.9. The molecule has 8 nitrogen and oxygen atoms in total. The fourth-order valence-electron chi connectivity index (χ4n) is 2.07. The minimum atomic E-state index is -0.498. The van der Waals surface area contributed by atoms with E-state index in [1.807, 2.05) is 0 Å². The van der Waals surface area contributed by atoms with Crippen molar-refractivity contribution in [1.82, 2.24) is 4.90 Å². The summed E-state index contributed by atoms with van der Waals surface area (Å²) in [6, 6.07) is 12.5. The highest BCUT2D eigenvalue weighted by atomic mass is 16.6. The molecule has 2 aromatic rings. The Balaban J connectivity index is 1.91. The second-order valence-corrected chi connectivity index (χ2v) is 5.49. The van der Waals surface area contributed by atoms with Crippen molar-refractivity contribution >= 4 is 28.9 Å². The number of nitrogens with zero attached hydrogens (tertiary/aromatic N) is 2. The molecule has 25 heavy (non-hydrogen) atoms. The number of anilines is 2. The zero-order chi connectivity index (χ0) is 18.4. The number of carbonyl (C=O) groups excluding carboxylic acids is 2. The normalized spacial score (nSPS) is 10.0. The Kier molecular flexibility index (Phi) is 5.67. The number of nitro benzene ring substituents is 1. The lowest BCUT2D eigenvalue weighted by atomic mass is 10.2. The summed E-state index contributed by atoms with van der Waals surface area (Å²) in [4.78, 5) is 35.4. The van der Waals surface area contributed by atoms with Gasteiger partial charge in [-0.15, -0.1) is 0 Å². The second kappa shape index (κ2) is 7.91. The van der Waals surface area contributed by atoms with Crippen LogP contribution in [0.3, 0.4) is 0 Å². The highest BCUT2D eigenvalue weighted by molar-refractivity contribution is 5.96. The quantitative estimate of drug-likeness (QED) is 0.619. The van der Waals surface area contributed by atoms with Crippen LogP contribution < -0.4 is 10.6 Å². The van der Waals surface area contributed by atoms with Crippen molar-refractivity contribution in [3.8, 4) is 0 Å². The standard InChI is InChI=1S/C17H18N4O4/c1-20(2)17(23)12-6-8-13(9-7-12)19-16(22)11-18-14-4-3-5-15(10-14)21(24)25/h3-10,18H,11H2,1-2H3,(H,19,22). The van der Waals surface area contributed by atoms with Crippen LogP contribution in [0.5, 0.6) is 0 Å². The van der Waals surface area contributed by atoms with E-state index in [2.05, 4.69) is 10.6 Å². The predicted octanol–water partition coefficient (Wildman–Crippen LogP) is 2.35. The van der Waals surface area contributed by atoms with E-state index in [1.165, 1.54) is 17.0 Å². The molecule has 0 aliphatic rings. The Morgan fingerprint density at radius 2 is 1.76 bits per heavy atom. The first-order valence-corrected chi connectivity index (χ1v) is 7.46. The summed E-state index contributed by atoms with van der Waals surface area (Å²) < 4.78 is 0. The lowest BCUT2D eigenvalue weighted by Gasteiger charge is -2.11. The smallest absolute Gasteiger partial charge is 0.271 e. The van der Waals surface area contributed by atoms with Crippen molar-refractivity contribution in [1.29, 1.82) is 0 Å². The first kappa shape index (κ1) is 17.9. The number of carbonyl (C=O) groups is 2. The monoisotopic (exact) mass is 342 g/mol. The largest absolute Gasteiger partial charge is 0.376 e.